The van der Waals surface area contributed by atoms with Gasteiger partial charge >= 0.3 is 6.03 Å². The van der Waals surface area contributed by atoms with Crippen LogP contribution in [-0.2, 0) is 11.3 Å². The van der Waals surface area contributed by atoms with E-state index in [4.69, 9.17) is 0 Å². The third kappa shape index (κ3) is 4.89. The molecule has 2 rings (SSSR count). The zero-order chi connectivity index (χ0) is 15.1. The number of imide groups is 1. The van der Waals surface area contributed by atoms with Gasteiger partial charge in [-0.15, -0.1) is 16.8 Å². The number of urea groups is 1. The van der Waals surface area contributed by atoms with Gasteiger partial charge in [0.1, 0.15) is 6.33 Å². The minimum Gasteiger partial charge on any atom is -0.335 e. The van der Waals surface area contributed by atoms with Crippen molar-refractivity contribution in [1.82, 2.24) is 25.4 Å². The van der Waals surface area contributed by atoms with Gasteiger partial charge in [0.25, 0.3) is 0 Å². The first kappa shape index (κ1) is 15.6. The summed E-state index contributed by atoms with van der Waals surface area (Å²) in [6.45, 7) is 4.22. The van der Waals surface area contributed by atoms with Crippen LogP contribution >= 0.6 is 11.8 Å². The Hall–Kier alpha value is -1.83. The van der Waals surface area contributed by atoms with Crippen molar-refractivity contribution < 1.29 is 9.59 Å². The number of nitrogens with zero attached hydrogens (tertiary/aromatic N) is 3. The van der Waals surface area contributed by atoms with Crippen molar-refractivity contribution >= 4 is 23.7 Å². The van der Waals surface area contributed by atoms with E-state index in [0.717, 1.165) is 25.7 Å². The van der Waals surface area contributed by atoms with Gasteiger partial charge in [0.05, 0.1) is 5.75 Å². The second kappa shape index (κ2) is 7.82. The van der Waals surface area contributed by atoms with E-state index in [1.54, 1.807) is 17.0 Å². The zero-order valence-electron chi connectivity index (χ0n) is 11.7. The Morgan fingerprint density at radius 3 is 2.95 bits per heavy atom. The van der Waals surface area contributed by atoms with Gasteiger partial charge in [-0.1, -0.05) is 30.7 Å². The van der Waals surface area contributed by atoms with E-state index in [1.165, 1.54) is 11.8 Å². The SMILES string of the molecule is C=CCn1cnnc1SCC(=O)NC(=O)NC1CCCC1. The van der Waals surface area contributed by atoms with Crippen LogP contribution in [0, 0.1) is 0 Å². The zero-order valence-corrected chi connectivity index (χ0v) is 12.6. The fraction of sp³-hybridized carbons (Fsp3) is 0.538. The fourth-order valence-corrected chi connectivity index (χ4v) is 2.93. The quantitative estimate of drug-likeness (QED) is 0.611. The highest BCUT2D eigenvalue weighted by Crippen LogP contribution is 2.17. The van der Waals surface area contributed by atoms with Gasteiger partial charge < -0.3 is 9.88 Å². The lowest BCUT2D eigenvalue weighted by Crippen LogP contribution is -2.44. The molecule has 0 atom stereocenters. The largest absolute Gasteiger partial charge is 0.335 e. The lowest BCUT2D eigenvalue weighted by molar-refractivity contribution is -0.117. The van der Waals surface area contributed by atoms with Crippen molar-refractivity contribution in [2.75, 3.05) is 5.75 Å². The number of thioether (sulfide) groups is 1. The Morgan fingerprint density at radius 1 is 1.48 bits per heavy atom. The summed E-state index contributed by atoms with van der Waals surface area (Å²) in [5, 5.41) is 13.5. The molecule has 7 nitrogen and oxygen atoms in total. The van der Waals surface area contributed by atoms with Gasteiger partial charge in [-0.05, 0) is 12.8 Å². The molecule has 2 N–H and O–H groups in total. The molecule has 114 valence electrons. The molecule has 1 aromatic heterocycles. The smallest absolute Gasteiger partial charge is 0.321 e. The van der Waals surface area contributed by atoms with E-state index >= 15 is 0 Å². The van der Waals surface area contributed by atoms with Crippen molar-refractivity contribution in [3.8, 4) is 0 Å². The van der Waals surface area contributed by atoms with Gasteiger partial charge in [0.2, 0.25) is 5.91 Å². The van der Waals surface area contributed by atoms with Crippen molar-refractivity contribution in [2.24, 2.45) is 0 Å². The molecule has 0 spiro atoms. The molecular weight excluding hydrogens is 290 g/mol. The van der Waals surface area contributed by atoms with Gasteiger partial charge in [-0.25, -0.2) is 4.79 Å². The first-order chi connectivity index (χ1) is 10.2. The molecule has 1 aromatic rings. The molecule has 0 radical (unpaired) electrons. The lowest BCUT2D eigenvalue weighted by Gasteiger charge is -2.12. The number of aromatic nitrogens is 3. The summed E-state index contributed by atoms with van der Waals surface area (Å²) in [5.41, 5.74) is 0. The molecule has 0 aliphatic heterocycles. The molecule has 8 heteroatoms. The number of nitrogens with one attached hydrogen (secondary N) is 2. The Morgan fingerprint density at radius 2 is 2.24 bits per heavy atom. The highest BCUT2D eigenvalue weighted by Gasteiger charge is 2.18. The van der Waals surface area contributed by atoms with E-state index in [9.17, 15) is 9.59 Å². The molecule has 21 heavy (non-hydrogen) atoms. The molecule has 1 heterocycles. The summed E-state index contributed by atoms with van der Waals surface area (Å²) < 4.78 is 1.78. The maximum atomic E-state index is 11.7. The highest BCUT2D eigenvalue weighted by molar-refractivity contribution is 7.99. The maximum Gasteiger partial charge on any atom is 0.321 e. The topological polar surface area (TPSA) is 88.9 Å². The minimum atomic E-state index is -0.417. The third-order valence-corrected chi connectivity index (χ3v) is 4.16. The highest BCUT2D eigenvalue weighted by atomic mass is 32.2. The second-order valence-electron chi connectivity index (χ2n) is 4.85. The lowest BCUT2D eigenvalue weighted by atomic mass is 10.2. The fourth-order valence-electron chi connectivity index (χ4n) is 2.20. The van der Waals surface area contributed by atoms with Crippen molar-refractivity contribution in [3.63, 3.8) is 0 Å². The Kier molecular flexibility index (Phi) is 5.79. The van der Waals surface area contributed by atoms with Crippen LogP contribution in [0.4, 0.5) is 4.79 Å². The van der Waals surface area contributed by atoms with Crippen LogP contribution in [0.5, 0.6) is 0 Å². The Balaban J connectivity index is 1.72. The van der Waals surface area contributed by atoms with Gasteiger partial charge in [0, 0.05) is 12.6 Å². The van der Waals surface area contributed by atoms with Crippen LogP contribution in [0.1, 0.15) is 25.7 Å². The molecule has 3 amide bonds. The molecule has 0 saturated heterocycles. The van der Waals surface area contributed by atoms with Crippen LogP contribution < -0.4 is 10.6 Å². The van der Waals surface area contributed by atoms with E-state index in [-0.39, 0.29) is 17.7 Å². The number of carbonyl (C=O) groups is 2. The number of rotatable bonds is 6. The molecular formula is C13H19N5O2S. The number of hydrogen-bond acceptors (Lipinski definition) is 5. The van der Waals surface area contributed by atoms with Crippen LogP contribution in [0.25, 0.3) is 0 Å². The summed E-state index contributed by atoms with van der Waals surface area (Å²) in [6, 6.07) is -0.221. The molecule has 1 saturated carbocycles. The van der Waals surface area contributed by atoms with Crippen molar-refractivity contribution in [3.05, 3.63) is 19.0 Å². The molecule has 0 unspecified atom stereocenters. The van der Waals surface area contributed by atoms with Crippen LogP contribution in [0.15, 0.2) is 24.1 Å². The number of hydrogen-bond donors (Lipinski definition) is 2. The predicted octanol–water partition coefficient (Wildman–Crippen LogP) is 1.32. The first-order valence-corrected chi connectivity index (χ1v) is 7.89. The van der Waals surface area contributed by atoms with Crippen molar-refractivity contribution in [1.29, 1.82) is 0 Å². The summed E-state index contributed by atoms with van der Waals surface area (Å²) in [4.78, 5) is 23.4. The van der Waals surface area contributed by atoms with E-state index in [0.29, 0.717) is 11.7 Å². The Labute approximate surface area is 127 Å². The average molecular weight is 309 g/mol. The first-order valence-electron chi connectivity index (χ1n) is 6.91. The summed E-state index contributed by atoms with van der Waals surface area (Å²) in [6.07, 6.45) is 7.54. The summed E-state index contributed by atoms with van der Waals surface area (Å²) >= 11 is 1.24. The average Bonchev–Trinajstić information content (AvgIpc) is 3.08. The molecule has 1 aliphatic carbocycles. The summed E-state index contributed by atoms with van der Waals surface area (Å²) in [7, 11) is 0. The maximum absolute atomic E-state index is 11.7. The minimum absolute atomic E-state index is 0.119. The monoisotopic (exact) mass is 309 g/mol. The normalized spacial score (nSPS) is 14.9. The van der Waals surface area contributed by atoms with E-state index in [1.807, 2.05) is 0 Å². The molecule has 1 aliphatic rings. The number of allylic oxidation sites excluding steroid dienone is 1. The standard InChI is InChI=1S/C13H19N5O2S/c1-2-7-18-9-14-17-13(18)21-8-11(19)16-12(20)15-10-5-3-4-6-10/h2,9-10H,1,3-8H2,(H2,15,16,19,20). The Bertz CT molecular complexity index is 510. The van der Waals surface area contributed by atoms with Gasteiger partial charge in [-0.2, -0.15) is 0 Å². The molecule has 1 fully saturated rings. The van der Waals surface area contributed by atoms with Crippen molar-refractivity contribution in [2.45, 2.75) is 43.4 Å². The number of carbonyl (C=O) groups excluding carboxylic acids is 2. The summed E-state index contributed by atoms with van der Waals surface area (Å²) in [5.74, 6) is -0.225. The predicted molar refractivity (Wildman–Crippen MR) is 79.9 cm³/mol. The van der Waals surface area contributed by atoms with Crippen LogP contribution in [-0.4, -0.2) is 38.5 Å². The molecule has 0 aromatic carbocycles. The van der Waals surface area contributed by atoms with Crippen LogP contribution in [0.2, 0.25) is 0 Å². The van der Waals surface area contributed by atoms with Gasteiger partial charge in [-0.3, -0.25) is 10.1 Å². The van der Waals surface area contributed by atoms with E-state index < -0.39 is 6.03 Å². The molecule has 0 bridgehead atoms. The van der Waals surface area contributed by atoms with Gasteiger partial charge in [0.15, 0.2) is 5.16 Å². The number of amides is 3. The van der Waals surface area contributed by atoms with Crippen LogP contribution in [0.3, 0.4) is 0 Å². The third-order valence-electron chi connectivity index (χ3n) is 3.18. The van der Waals surface area contributed by atoms with E-state index in [2.05, 4.69) is 27.4 Å². The second-order valence-corrected chi connectivity index (χ2v) is 5.79.